The summed E-state index contributed by atoms with van der Waals surface area (Å²) in [6.45, 7) is 2.54. The molecule has 0 spiro atoms. The molecule has 26 heavy (non-hydrogen) atoms. The van der Waals surface area contributed by atoms with Gasteiger partial charge in [-0.3, -0.25) is 4.79 Å². The number of ether oxygens (including phenoxy) is 2. The number of benzene rings is 2. The molecule has 0 saturated carbocycles. The zero-order chi connectivity index (χ0) is 18.7. The molecule has 0 bridgehead atoms. The summed E-state index contributed by atoms with van der Waals surface area (Å²) in [5, 5.41) is 4.16. The van der Waals surface area contributed by atoms with Crippen LogP contribution in [0.1, 0.15) is 20.8 Å². The van der Waals surface area contributed by atoms with Gasteiger partial charge in [-0.05, 0) is 48.1 Å². The number of thiophene rings is 1. The van der Waals surface area contributed by atoms with Gasteiger partial charge < -0.3 is 14.8 Å². The number of amides is 1. The standard InChI is InChI=1S/C20H20BrNO3S/c1-12-14-6-4-5-7-18(14)26-19(12)20(23)22-9-8-13-10-16(24-2)17(25-3)11-15(13)21/h4-7,10-11H,8-9H2,1-3H3,(H,22,23). The highest BCUT2D eigenvalue weighted by molar-refractivity contribution is 9.10. The normalized spacial score (nSPS) is 10.8. The van der Waals surface area contributed by atoms with Gasteiger partial charge in [-0.2, -0.15) is 0 Å². The molecule has 136 valence electrons. The summed E-state index contributed by atoms with van der Waals surface area (Å²) in [7, 11) is 3.22. The van der Waals surface area contributed by atoms with Crippen LogP contribution in [0.25, 0.3) is 10.1 Å². The Labute approximate surface area is 165 Å². The van der Waals surface area contributed by atoms with E-state index in [1.54, 1.807) is 14.2 Å². The minimum atomic E-state index is -0.0275. The number of rotatable bonds is 6. The van der Waals surface area contributed by atoms with E-state index < -0.39 is 0 Å². The highest BCUT2D eigenvalue weighted by Gasteiger charge is 2.15. The Morgan fingerprint density at radius 3 is 2.54 bits per heavy atom. The minimum Gasteiger partial charge on any atom is -0.493 e. The van der Waals surface area contributed by atoms with Crippen LogP contribution in [-0.4, -0.2) is 26.7 Å². The number of halogens is 1. The summed E-state index contributed by atoms with van der Waals surface area (Å²) in [5.74, 6) is 1.32. The molecule has 0 atom stereocenters. The van der Waals surface area contributed by atoms with E-state index in [9.17, 15) is 4.79 Å². The molecule has 1 N–H and O–H groups in total. The predicted octanol–water partition coefficient (Wildman–Crippen LogP) is 4.96. The number of nitrogens with one attached hydrogen (secondary N) is 1. The van der Waals surface area contributed by atoms with Crippen LogP contribution in [0.3, 0.4) is 0 Å². The van der Waals surface area contributed by atoms with Crippen LogP contribution in [0.4, 0.5) is 0 Å². The van der Waals surface area contributed by atoms with Crippen molar-refractivity contribution in [2.24, 2.45) is 0 Å². The molecule has 0 unspecified atom stereocenters. The van der Waals surface area contributed by atoms with E-state index in [0.717, 1.165) is 30.6 Å². The molecule has 0 saturated heterocycles. The second kappa shape index (κ2) is 8.10. The van der Waals surface area contributed by atoms with E-state index in [1.807, 2.05) is 37.3 Å². The maximum absolute atomic E-state index is 12.6. The molecule has 6 heteroatoms. The average Bonchev–Trinajstić information content (AvgIpc) is 2.99. The second-order valence-corrected chi connectivity index (χ2v) is 7.76. The topological polar surface area (TPSA) is 47.6 Å². The molecule has 2 aromatic carbocycles. The van der Waals surface area contributed by atoms with Gasteiger partial charge in [-0.1, -0.05) is 34.1 Å². The number of hydrogen-bond acceptors (Lipinski definition) is 4. The molecule has 0 aliphatic heterocycles. The van der Waals surface area contributed by atoms with E-state index >= 15 is 0 Å². The molecule has 4 nitrogen and oxygen atoms in total. The van der Waals surface area contributed by atoms with Gasteiger partial charge in [0.1, 0.15) is 0 Å². The van der Waals surface area contributed by atoms with Crippen LogP contribution in [0.2, 0.25) is 0 Å². The van der Waals surface area contributed by atoms with Gasteiger partial charge in [0.15, 0.2) is 11.5 Å². The van der Waals surface area contributed by atoms with Crippen LogP contribution in [0.15, 0.2) is 40.9 Å². The Balaban J connectivity index is 1.69. The van der Waals surface area contributed by atoms with Gasteiger partial charge in [-0.25, -0.2) is 0 Å². The third-order valence-electron chi connectivity index (χ3n) is 4.28. The lowest BCUT2D eigenvalue weighted by Gasteiger charge is -2.12. The SMILES string of the molecule is COc1cc(Br)c(CCNC(=O)c2sc3ccccc3c2C)cc1OC. The summed E-state index contributed by atoms with van der Waals surface area (Å²) in [6.07, 6.45) is 0.691. The fraction of sp³-hybridized carbons (Fsp3) is 0.250. The average molecular weight is 434 g/mol. The molecule has 0 radical (unpaired) electrons. The lowest BCUT2D eigenvalue weighted by atomic mass is 10.1. The van der Waals surface area contributed by atoms with Crippen molar-refractivity contribution >= 4 is 43.3 Å². The first-order valence-electron chi connectivity index (χ1n) is 8.22. The van der Waals surface area contributed by atoms with Crippen molar-refractivity contribution in [3.8, 4) is 11.5 Å². The van der Waals surface area contributed by atoms with Gasteiger partial charge in [0.2, 0.25) is 0 Å². The number of methoxy groups -OCH3 is 2. The van der Waals surface area contributed by atoms with E-state index in [-0.39, 0.29) is 5.91 Å². The number of hydrogen-bond donors (Lipinski definition) is 1. The maximum Gasteiger partial charge on any atom is 0.261 e. The molecule has 1 aromatic heterocycles. The monoisotopic (exact) mass is 433 g/mol. The quantitative estimate of drug-likeness (QED) is 0.597. The van der Waals surface area contributed by atoms with Crippen molar-refractivity contribution < 1.29 is 14.3 Å². The van der Waals surface area contributed by atoms with Crippen molar-refractivity contribution in [3.05, 3.63) is 56.9 Å². The number of aryl methyl sites for hydroxylation is 1. The molecule has 0 fully saturated rings. The van der Waals surface area contributed by atoms with Crippen molar-refractivity contribution in [1.29, 1.82) is 0 Å². The second-order valence-electron chi connectivity index (χ2n) is 5.86. The van der Waals surface area contributed by atoms with Gasteiger partial charge >= 0.3 is 0 Å². The fourth-order valence-electron chi connectivity index (χ4n) is 2.87. The highest BCUT2D eigenvalue weighted by Crippen LogP contribution is 2.33. The van der Waals surface area contributed by atoms with Crippen molar-refractivity contribution in [3.63, 3.8) is 0 Å². The highest BCUT2D eigenvalue weighted by atomic mass is 79.9. The Hall–Kier alpha value is -2.05. The molecule has 1 amide bonds. The number of fused-ring (bicyclic) bond motifs is 1. The Morgan fingerprint density at radius 2 is 1.85 bits per heavy atom. The first-order valence-corrected chi connectivity index (χ1v) is 9.82. The molecule has 3 aromatic rings. The summed E-state index contributed by atoms with van der Waals surface area (Å²) in [6, 6.07) is 11.9. The molecule has 3 rings (SSSR count). The Bertz CT molecular complexity index is 952. The summed E-state index contributed by atoms with van der Waals surface area (Å²) in [4.78, 5) is 13.4. The van der Waals surface area contributed by atoms with E-state index in [4.69, 9.17) is 9.47 Å². The Kier molecular flexibility index (Phi) is 5.84. The molecular formula is C20H20BrNO3S. The van der Waals surface area contributed by atoms with E-state index in [2.05, 4.69) is 27.3 Å². The lowest BCUT2D eigenvalue weighted by Crippen LogP contribution is -2.25. The zero-order valence-electron chi connectivity index (χ0n) is 14.9. The minimum absolute atomic E-state index is 0.0275. The van der Waals surface area contributed by atoms with Gasteiger partial charge in [-0.15, -0.1) is 11.3 Å². The Morgan fingerprint density at radius 1 is 1.15 bits per heavy atom. The third-order valence-corrected chi connectivity index (χ3v) is 6.29. The van der Waals surface area contributed by atoms with Crippen LogP contribution >= 0.6 is 27.3 Å². The van der Waals surface area contributed by atoms with Crippen LogP contribution in [-0.2, 0) is 6.42 Å². The first-order chi connectivity index (χ1) is 12.5. The first kappa shape index (κ1) is 18.7. The fourth-order valence-corrected chi connectivity index (χ4v) is 4.52. The predicted molar refractivity (Wildman–Crippen MR) is 110 cm³/mol. The molecular weight excluding hydrogens is 414 g/mol. The number of carbonyl (C=O) groups is 1. The molecule has 0 aliphatic carbocycles. The number of carbonyl (C=O) groups excluding carboxylic acids is 1. The zero-order valence-corrected chi connectivity index (χ0v) is 17.3. The smallest absolute Gasteiger partial charge is 0.261 e. The van der Waals surface area contributed by atoms with E-state index in [0.29, 0.717) is 24.5 Å². The van der Waals surface area contributed by atoms with Gasteiger partial charge in [0, 0.05) is 15.7 Å². The van der Waals surface area contributed by atoms with Crippen molar-refractivity contribution in [2.45, 2.75) is 13.3 Å². The molecule has 1 heterocycles. The maximum atomic E-state index is 12.6. The van der Waals surface area contributed by atoms with Crippen molar-refractivity contribution in [2.75, 3.05) is 20.8 Å². The van der Waals surface area contributed by atoms with Gasteiger partial charge in [0.25, 0.3) is 5.91 Å². The summed E-state index contributed by atoms with van der Waals surface area (Å²) in [5.41, 5.74) is 2.09. The van der Waals surface area contributed by atoms with Crippen LogP contribution in [0, 0.1) is 6.92 Å². The summed E-state index contributed by atoms with van der Waals surface area (Å²) >= 11 is 5.09. The third kappa shape index (κ3) is 3.71. The van der Waals surface area contributed by atoms with Crippen LogP contribution in [0.5, 0.6) is 11.5 Å². The molecule has 0 aliphatic rings. The largest absolute Gasteiger partial charge is 0.493 e. The van der Waals surface area contributed by atoms with Crippen LogP contribution < -0.4 is 14.8 Å². The van der Waals surface area contributed by atoms with E-state index in [1.165, 1.54) is 11.3 Å². The summed E-state index contributed by atoms with van der Waals surface area (Å²) < 4.78 is 12.7. The van der Waals surface area contributed by atoms with Gasteiger partial charge in [0.05, 0.1) is 19.1 Å². The van der Waals surface area contributed by atoms with Crippen molar-refractivity contribution in [1.82, 2.24) is 5.32 Å². The lowest BCUT2D eigenvalue weighted by molar-refractivity contribution is 0.0957.